The summed E-state index contributed by atoms with van der Waals surface area (Å²) >= 11 is 0. The van der Waals surface area contributed by atoms with Gasteiger partial charge in [0.05, 0.1) is 18.3 Å². The molecule has 0 aliphatic carbocycles. The van der Waals surface area contributed by atoms with Gasteiger partial charge in [-0.2, -0.15) is 5.10 Å². The Labute approximate surface area is 196 Å². The van der Waals surface area contributed by atoms with Crippen molar-refractivity contribution in [3.63, 3.8) is 0 Å². The topological polar surface area (TPSA) is 59.8 Å². The number of ether oxygens (including phenoxy) is 2. The summed E-state index contributed by atoms with van der Waals surface area (Å²) in [6, 6.07) is 20.0. The molecule has 3 rings (SSSR count). The number of benzene rings is 2. The van der Waals surface area contributed by atoms with Gasteiger partial charge >= 0.3 is 0 Å². The quantitative estimate of drug-likeness (QED) is 0.327. The molecule has 0 aliphatic heterocycles. The van der Waals surface area contributed by atoms with Crippen molar-refractivity contribution in [1.82, 2.24) is 14.7 Å². The van der Waals surface area contributed by atoms with E-state index in [0.29, 0.717) is 19.0 Å². The molecule has 0 saturated heterocycles. The second-order valence-electron chi connectivity index (χ2n) is 8.10. The van der Waals surface area contributed by atoms with Gasteiger partial charge in [-0.1, -0.05) is 61.4 Å². The van der Waals surface area contributed by atoms with E-state index < -0.39 is 6.10 Å². The molecule has 33 heavy (non-hydrogen) atoms. The van der Waals surface area contributed by atoms with Crippen molar-refractivity contribution in [1.29, 1.82) is 0 Å². The maximum absolute atomic E-state index is 10.6. The lowest BCUT2D eigenvalue weighted by Gasteiger charge is -2.30. The predicted octanol–water partition coefficient (Wildman–Crippen LogP) is 4.49. The van der Waals surface area contributed by atoms with Crippen LogP contribution >= 0.6 is 0 Å². The molecule has 0 unspecified atom stereocenters. The predicted molar refractivity (Wildman–Crippen MR) is 131 cm³/mol. The Bertz CT molecular complexity index is 1030. The molecule has 0 aliphatic rings. The van der Waals surface area contributed by atoms with Crippen LogP contribution in [0.4, 0.5) is 0 Å². The van der Waals surface area contributed by atoms with Gasteiger partial charge in [0, 0.05) is 31.7 Å². The van der Waals surface area contributed by atoms with Crippen molar-refractivity contribution in [2.45, 2.75) is 39.0 Å². The van der Waals surface area contributed by atoms with Crippen LogP contribution in [-0.4, -0.2) is 51.7 Å². The third-order valence-electron chi connectivity index (χ3n) is 5.61. The van der Waals surface area contributed by atoms with Gasteiger partial charge in [0.25, 0.3) is 0 Å². The van der Waals surface area contributed by atoms with E-state index in [9.17, 15) is 5.11 Å². The molecule has 174 valence electrons. The summed E-state index contributed by atoms with van der Waals surface area (Å²) in [6.45, 7) is 5.71. The fourth-order valence-corrected chi connectivity index (χ4v) is 3.69. The van der Waals surface area contributed by atoms with Crippen LogP contribution in [0.5, 0.6) is 11.6 Å². The van der Waals surface area contributed by atoms with Crippen molar-refractivity contribution in [3.8, 4) is 35.2 Å². The number of aliphatic hydroxyl groups is 1. The number of para-hydroxylation sites is 1. The summed E-state index contributed by atoms with van der Waals surface area (Å²) in [5.74, 6) is 3.87. The zero-order valence-electron chi connectivity index (χ0n) is 19.6. The van der Waals surface area contributed by atoms with Gasteiger partial charge in [0.1, 0.15) is 18.1 Å². The number of aliphatic hydroxyl groups excluding tert-OH is 1. The van der Waals surface area contributed by atoms with Crippen molar-refractivity contribution in [3.05, 3.63) is 66.2 Å². The molecule has 0 amide bonds. The van der Waals surface area contributed by atoms with Gasteiger partial charge in [-0.3, -0.25) is 4.90 Å². The molecule has 6 heteroatoms. The highest BCUT2D eigenvalue weighted by molar-refractivity contribution is 5.65. The van der Waals surface area contributed by atoms with E-state index >= 15 is 0 Å². The fourth-order valence-electron chi connectivity index (χ4n) is 3.69. The molecule has 0 radical (unpaired) electrons. The molecule has 0 saturated carbocycles. The largest absolute Gasteiger partial charge is 0.439 e. The van der Waals surface area contributed by atoms with E-state index in [0.717, 1.165) is 29.0 Å². The molecule has 2 atom stereocenters. The highest BCUT2D eigenvalue weighted by Gasteiger charge is 2.25. The highest BCUT2D eigenvalue weighted by Crippen LogP contribution is 2.34. The van der Waals surface area contributed by atoms with Crippen LogP contribution in [0.1, 0.15) is 25.8 Å². The van der Waals surface area contributed by atoms with Gasteiger partial charge in [0.15, 0.2) is 0 Å². The Hall–Kier alpha value is -3.11. The molecule has 0 fully saturated rings. The first-order valence-corrected chi connectivity index (χ1v) is 11.3. The molecule has 1 N–H and O–H groups in total. The molecule has 6 nitrogen and oxygen atoms in total. The maximum Gasteiger partial charge on any atom is 0.222 e. The number of hydrogen-bond donors (Lipinski definition) is 1. The van der Waals surface area contributed by atoms with Crippen LogP contribution in [0, 0.1) is 12.3 Å². The molecule has 1 aromatic heterocycles. The summed E-state index contributed by atoms with van der Waals surface area (Å²) in [7, 11) is 1.89. The summed E-state index contributed by atoms with van der Waals surface area (Å²) in [5.41, 5.74) is 2.87. The van der Waals surface area contributed by atoms with Crippen LogP contribution in [0.15, 0.2) is 60.7 Å². The lowest BCUT2D eigenvalue weighted by molar-refractivity contribution is 0.0169. The molecule has 0 spiro atoms. The monoisotopic (exact) mass is 447 g/mol. The Morgan fingerprint density at radius 2 is 1.79 bits per heavy atom. The summed E-state index contributed by atoms with van der Waals surface area (Å²) in [4.78, 5) is 2.24. The van der Waals surface area contributed by atoms with Crippen LogP contribution in [0.3, 0.4) is 0 Å². The number of rotatable bonds is 12. The Kier molecular flexibility index (Phi) is 9.08. The van der Waals surface area contributed by atoms with Gasteiger partial charge in [-0.25, -0.2) is 4.68 Å². The van der Waals surface area contributed by atoms with Crippen molar-refractivity contribution >= 4 is 0 Å². The van der Waals surface area contributed by atoms with Crippen LogP contribution in [0.25, 0.3) is 11.3 Å². The first-order valence-electron chi connectivity index (χ1n) is 11.3. The first-order chi connectivity index (χ1) is 16.0. The molecule has 0 bridgehead atoms. The highest BCUT2D eigenvalue weighted by atomic mass is 16.5. The minimum atomic E-state index is -0.650. The van der Waals surface area contributed by atoms with Gasteiger partial charge < -0.3 is 14.6 Å². The number of nitrogens with zero attached hydrogens (tertiary/aromatic N) is 3. The number of terminal acetylenes is 1. The third kappa shape index (κ3) is 6.69. The lowest BCUT2D eigenvalue weighted by atomic mass is 10.1. The van der Waals surface area contributed by atoms with Crippen molar-refractivity contribution in [2.75, 3.05) is 19.8 Å². The average Bonchev–Trinajstić information content (AvgIpc) is 3.14. The van der Waals surface area contributed by atoms with Gasteiger partial charge in [-0.05, 0) is 25.5 Å². The Balaban J connectivity index is 1.95. The Morgan fingerprint density at radius 1 is 1.12 bits per heavy atom. The molecule has 3 aromatic rings. The molecule has 2 aromatic carbocycles. The lowest BCUT2D eigenvalue weighted by Crippen LogP contribution is -2.40. The minimum Gasteiger partial charge on any atom is -0.439 e. The summed E-state index contributed by atoms with van der Waals surface area (Å²) < 4.78 is 13.4. The van der Waals surface area contributed by atoms with E-state index in [1.165, 1.54) is 0 Å². The second-order valence-corrected chi connectivity index (χ2v) is 8.10. The van der Waals surface area contributed by atoms with E-state index in [2.05, 4.69) is 24.7 Å². The normalized spacial score (nSPS) is 13.0. The number of aromatic nitrogens is 2. The smallest absolute Gasteiger partial charge is 0.222 e. The van der Waals surface area contributed by atoms with E-state index in [1.807, 2.05) is 67.7 Å². The zero-order chi connectivity index (χ0) is 23.6. The van der Waals surface area contributed by atoms with Gasteiger partial charge in [0.2, 0.25) is 5.88 Å². The molecular weight excluding hydrogens is 414 g/mol. The molecule has 1 heterocycles. The Morgan fingerprint density at radius 3 is 2.42 bits per heavy atom. The van der Waals surface area contributed by atoms with Gasteiger partial charge in [-0.15, -0.1) is 6.42 Å². The summed E-state index contributed by atoms with van der Waals surface area (Å²) in [6.07, 6.45) is 5.54. The summed E-state index contributed by atoms with van der Waals surface area (Å²) in [5, 5.41) is 15.4. The van der Waals surface area contributed by atoms with E-state index in [1.54, 1.807) is 4.68 Å². The fraction of sp³-hybridized carbons (Fsp3) is 0.370. The first kappa shape index (κ1) is 24.5. The molecular formula is C27H33N3O3. The van der Waals surface area contributed by atoms with Crippen LogP contribution in [-0.2, 0) is 18.3 Å². The second kappa shape index (κ2) is 12.2. The third-order valence-corrected chi connectivity index (χ3v) is 5.61. The minimum absolute atomic E-state index is 0.191. The average molecular weight is 448 g/mol. The standard InChI is InChI=1S/C27H33N3O3/c1-5-17-32-20-23(31)18-30(21(3)6-2)19-25-26(22-13-9-7-10-14-22)28-29(4)27(25)33-24-15-11-8-12-16-24/h1,7-16,21,23,31H,6,17-20H2,2-4H3/t21-,23+/m1/s1. The van der Waals surface area contributed by atoms with Crippen molar-refractivity contribution < 1.29 is 14.6 Å². The van der Waals surface area contributed by atoms with E-state index in [-0.39, 0.29) is 19.3 Å². The van der Waals surface area contributed by atoms with Crippen LogP contribution in [0.2, 0.25) is 0 Å². The SMILES string of the molecule is C#CCOC[C@@H](O)CN(Cc1c(-c2ccccc2)nn(C)c1Oc1ccccc1)[C@H](C)CC. The van der Waals surface area contributed by atoms with Crippen LogP contribution < -0.4 is 4.74 Å². The zero-order valence-corrected chi connectivity index (χ0v) is 19.6. The number of hydrogen-bond acceptors (Lipinski definition) is 5. The van der Waals surface area contributed by atoms with E-state index in [4.69, 9.17) is 21.0 Å². The van der Waals surface area contributed by atoms with Crippen molar-refractivity contribution in [2.24, 2.45) is 7.05 Å². The maximum atomic E-state index is 10.6. The number of aryl methyl sites for hydroxylation is 1.